The molecule has 0 bridgehead atoms. The van der Waals surface area contributed by atoms with Gasteiger partial charge in [-0.2, -0.15) is 21.4 Å². The van der Waals surface area contributed by atoms with E-state index in [0.29, 0.717) is 34.9 Å². The van der Waals surface area contributed by atoms with Crippen molar-refractivity contribution in [1.29, 1.82) is 0 Å². The predicted octanol–water partition coefficient (Wildman–Crippen LogP) is 1.16. The fourth-order valence-electron chi connectivity index (χ4n) is 8.31. The number of anilines is 1. The van der Waals surface area contributed by atoms with Gasteiger partial charge in [0.05, 0.1) is 33.5 Å². The minimum absolute atomic E-state index is 0. The standard InChI is InChI=1S/C40H44N4O16S3.K/c1-39(2)26-17-22(62(54,55)56)10-12-28(26)42(16-8-6-7-9-35(48)60-44-33(46)14-15-34(44)47)30(39)19-24-36(49)25(38(51)37(24)50)20-31-40(3,4)27-18-23(63(57,58)59)11-13-29(27)43(31)21-32(45)41-61(5,52)53;/h10-13,17-20,24,36,49H,6-9,14-16,21H2,1-5H3,(H2-,41,45,54,55,56,57,58,59);/p+1/b25-20-,30-19+;. The Bertz CT molecular complexity index is 2820. The van der Waals surface area contributed by atoms with Crippen LogP contribution in [0.5, 0.6) is 0 Å². The number of aliphatic hydroxyl groups excluding tert-OH is 1. The van der Waals surface area contributed by atoms with Crippen LogP contribution in [0.25, 0.3) is 0 Å². The van der Waals surface area contributed by atoms with Crippen molar-refractivity contribution in [1.82, 2.24) is 9.79 Å². The number of sulfonamides is 1. The molecule has 3 heterocycles. The van der Waals surface area contributed by atoms with Crippen LogP contribution in [-0.4, -0.2) is 167 Å². The maximum absolute atomic E-state index is 13.9. The van der Waals surface area contributed by atoms with Gasteiger partial charge in [-0.15, -0.1) is 5.06 Å². The zero-order valence-electron chi connectivity index (χ0n) is 35.6. The number of ketones is 2. The van der Waals surface area contributed by atoms with Crippen LogP contribution in [0.4, 0.5) is 11.4 Å². The number of benzene rings is 2. The molecular weight excluding hydrogens is 928 g/mol. The zero-order valence-corrected chi connectivity index (χ0v) is 41.2. The molecule has 3 aliphatic heterocycles. The quantitative estimate of drug-likeness (QED) is 0.0393. The molecule has 339 valence electrons. The Hall–Kier alpha value is -3.82. The van der Waals surface area contributed by atoms with Gasteiger partial charge in [-0.05, 0) is 62.6 Å². The molecule has 1 saturated carbocycles. The maximum Gasteiger partial charge on any atom is 0.333 e. The molecule has 1 saturated heterocycles. The van der Waals surface area contributed by atoms with Gasteiger partial charge in [0.2, 0.25) is 33.8 Å². The van der Waals surface area contributed by atoms with Crippen molar-refractivity contribution in [3.05, 3.63) is 70.9 Å². The number of carbonyl (C=O) groups is 6. The van der Waals surface area contributed by atoms with E-state index in [1.165, 1.54) is 41.0 Å². The summed E-state index contributed by atoms with van der Waals surface area (Å²) in [5, 5.41) is 12.3. The maximum atomic E-state index is 13.9. The molecule has 6 rings (SSSR count). The number of hydrogen-bond acceptors (Lipinski definition) is 15. The minimum Gasteiger partial charge on any atom is -0.387 e. The second-order valence-corrected chi connectivity index (χ2v) is 21.2. The number of carbonyl (C=O) groups excluding carboxylic acids is 6. The van der Waals surface area contributed by atoms with Crippen molar-refractivity contribution in [2.24, 2.45) is 5.92 Å². The van der Waals surface area contributed by atoms with E-state index in [9.17, 15) is 68.2 Å². The van der Waals surface area contributed by atoms with Gasteiger partial charge in [-0.25, -0.2) is 17.9 Å². The fourth-order valence-corrected chi connectivity index (χ4v) is 9.80. The number of nitrogens with zero attached hydrogens (tertiary/aromatic N) is 3. The second kappa shape index (κ2) is 18.5. The Morgan fingerprint density at radius 2 is 1.44 bits per heavy atom. The van der Waals surface area contributed by atoms with Gasteiger partial charge >= 0.3 is 5.97 Å². The molecule has 2 aromatic rings. The SMILES string of the molecule is CC1(C)C(/C=C2\C(=O)C(=O)C(/C=C3/N(CCCCCC(=O)ON4C(=O)CCC4=O)c4ccc(S(=O)(=O)O)cc4C3(C)C)C2O)=[N+](CC(=O)NS(C)(=O)=O)c2ccc(S(=O)(=O)O)cc21.[K]. The summed E-state index contributed by atoms with van der Waals surface area (Å²) in [6, 6.07) is 7.41. The third kappa shape index (κ3) is 10.3. The summed E-state index contributed by atoms with van der Waals surface area (Å²) in [5.41, 5.74) is -0.992. The van der Waals surface area contributed by atoms with Gasteiger partial charge in [0.25, 0.3) is 38.0 Å². The number of rotatable bonds is 14. The normalized spacial score (nSPS) is 21.8. The first-order chi connectivity index (χ1) is 29.0. The molecule has 2 fully saturated rings. The van der Waals surface area contributed by atoms with Gasteiger partial charge in [-0.1, -0.05) is 26.3 Å². The van der Waals surface area contributed by atoms with E-state index >= 15 is 0 Å². The van der Waals surface area contributed by atoms with Crippen molar-refractivity contribution in [2.45, 2.75) is 92.9 Å². The topological polar surface area (TPSA) is 296 Å². The number of allylic oxidation sites excluding steroid dienone is 2. The first-order valence-electron chi connectivity index (χ1n) is 19.5. The monoisotopic (exact) mass is 972 g/mol. The Morgan fingerprint density at radius 3 is 2.02 bits per heavy atom. The van der Waals surface area contributed by atoms with Crippen LogP contribution in [0.1, 0.15) is 77.3 Å². The number of hydrogen-bond donors (Lipinski definition) is 4. The van der Waals surface area contributed by atoms with Gasteiger partial charge < -0.3 is 14.8 Å². The van der Waals surface area contributed by atoms with Crippen LogP contribution in [0.3, 0.4) is 0 Å². The smallest absolute Gasteiger partial charge is 0.333 e. The Labute approximate surface area is 411 Å². The van der Waals surface area contributed by atoms with Gasteiger partial charge in [-0.3, -0.25) is 33.1 Å². The molecule has 2 atom stereocenters. The molecule has 3 amide bonds. The first-order valence-corrected chi connectivity index (χ1v) is 24.3. The summed E-state index contributed by atoms with van der Waals surface area (Å²) in [4.78, 5) is 82.5. The van der Waals surface area contributed by atoms with Crippen LogP contribution in [0.15, 0.2) is 69.6 Å². The van der Waals surface area contributed by atoms with Crippen LogP contribution in [0.2, 0.25) is 0 Å². The number of hydroxylamine groups is 2. The van der Waals surface area contributed by atoms with E-state index in [1.54, 1.807) is 32.6 Å². The van der Waals surface area contributed by atoms with Crippen LogP contribution in [0, 0.1) is 5.92 Å². The molecule has 20 nitrogen and oxygen atoms in total. The van der Waals surface area contributed by atoms with E-state index in [2.05, 4.69) is 0 Å². The Balaban J connectivity index is 0.00000771. The van der Waals surface area contributed by atoms with Crippen molar-refractivity contribution >= 4 is 134 Å². The predicted molar refractivity (Wildman–Crippen MR) is 226 cm³/mol. The molecule has 24 heteroatoms. The third-order valence-corrected chi connectivity index (χ3v) is 13.8. The van der Waals surface area contributed by atoms with Crippen LogP contribution in [-0.2, 0) is 74.7 Å². The number of aliphatic hydroxyl groups is 1. The van der Waals surface area contributed by atoms with E-state index < -0.39 is 110 Å². The van der Waals surface area contributed by atoms with Crippen molar-refractivity contribution < 1.29 is 77.6 Å². The molecule has 1 aliphatic carbocycles. The number of Topliss-reactive ketones (excluding diaryl/α,β-unsaturated/α-hetero) is 2. The first kappa shape index (κ1) is 51.2. The zero-order chi connectivity index (χ0) is 46.8. The number of unbranched alkanes of at least 4 members (excludes halogenated alkanes) is 2. The van der Waals surface area contributed by atoms with E-state index in [-0.39, 0.29) is 101 Å². The molecule has 0 spiro atoms. The molecule has 2 unspecified atom stereocenters. The number of fused-ring (bicyclic) bond motifs is 2. The van der Waals surface area contributed by atoms with Crippen LogP contribution >= 0.6 is 0 Å². The summed E-state index contributed by atoms with van der Waals surface area (Å²) < 4.78 is 95.2. The Morgan fingerprint density at radius 1 is 0.859 bits per heavy atom. The molecule has 64 heavy (non-hydrogen) atoms. The van der Waals surface area contributed by atoms with E-state index in [1.807, 2.05) is 4.72 Å². The average molecular weight is 973 g/mol. The van der Waals surface area contributed by atoms with Crippen molar-refractivity contribution in [3.8, 4) is 0 Å². The number of nitrogens with one attached hydrogen (secondary N) is 1. The third-order valence-electron chi connectivity index (χ3n) is 11.5. The summed E-state index contributed by atoms with van der Waals surface area (Å²) in [7, 11) is -13.4. The van der Waals surface area contributed by atoms with Gasteiger partial charge in [0.15, 0.2) is 5.71 Å². The van der Waals surface area contributed by atoms with Crippen LogP contribution < -0.4 is 9.62 Å². The minimum atomic E-state index is -4.72. The molecule has 4 aliphatic rings. The summed E-state index contributed by atoms with van der Waals surface area (Å²) in [6.45, 7) is 6.12. The largest absolute Gasteiger partial charge is 0.387 e. The summed E-state index contributed by atoms with van der Waals surface area (Å²) >= 11 is 0. The molecule has 4 N–H and O–H groups in total. The number of imide groups is 1. The van der Waals surface area contributed by atoms with E-state index in [4.69, 9.17) is 4.84 Å². The Kier molecular flexibility index (Phi) is 14.8. The van der Waals surface area contributed by atoms with Gasteiger partial charge in [0, 0.05) is 117 Å². The molecular formula is C40H45KN4O16S3+. The molecule has 0 aromatic heterocycles. The molecule has 1 radical (unpaired) electrons. The summed E-state index contributed by atoms with van der Waals surface area (Å²) in [5.74, 6) is -6.65. The summed E-state index contributed by atoms with van der Waals surface area (Å²) in [6.07, 6.45) is 2.39. The van der Waals surface area contributed by atoms with E-state index in [0.717, 1.165) is 18.4 Å². The second-order valence-electron chi connectivity index (χ2n) is 16.6. The van der Waals surface area contributed by atoms with Gasteiger partial charge in [0.1, 0.15) is 0 Å². The number of amides is 3. The van der Waals surface area contributed by atoms with Crippen molar-refractivity contribution in [2.75, 3.05) is 24.2 Å². The molecule has 2 aromatic carbocycles. The van der Waals surface area contributed by atoms with Crippen molar-refractivity contribution in [3.63, 3.8) is 0 Å². The average Bonchev–Trinajstić information content (AvgIpc) is 3.74. The fraction of sp³-hybridized carbons (Fsp3) is 0.425.